The minimum atomic E-state index is -0.0586. The van der Waals surface area contributed by atoms with Crippen LogP contribution in [0.3, 0.4) is 0 Å². The predicted octanol–water partition coefficient (Wildman–Crippen LogP) is 2.61. The van der Waals surface area contributed by atoms with Crippen LogP contribution in [0.15, 0.2) is 18.5 Å². The lowest BCUT2D eigenvalue weighted by Gasteiger charge is -2.24. The van der Waals surface area contributed by atoms with Gasteiger partial charge < -0.3 is 4.90 Å². The third kappa shape index (κ3) is 2.69. The zero-order chi connectivity index (χ0) is 11.4. The van der Waals surface area contributed by atoms with Crippen molar-refractivity contribution in [1.29, 1.82) is 0 Å². The van der Waals surface area contributed by atoms with Crippen LogP contribution in [0.4, 0.5) is 0 Å². The fourth-order valence-corrected chi connectivity index (χ4v) is 1.41. The minimum Gasteiger partial charge on any atom is -0.339 e. The number of rotatable bonds is 3. The summed E-state index contributed by atoms with van der Waals surface area (Å²) >= 11 is 5.90. The molecule has 0 fully saturated rings. The molecule has 0 saturated carbocycles. The van der Waals surface area contributed by atoms with E-state index in [1.165, 1.54) is 6.20 Å². The molecule has 4 heteroatoms. The number of hydrogen-bond acceptors (Lipinski definition) is 2. The SMILES string of the molecule is CCC(C)N(C)C(=O)c1ccncc1Cl. The standard InChI is InChI=1S/C11H15ClN2O/c1-4-8(2)14(3)11(15)9-5-6-13-7-10(9)12/h5-8H,4H2,1-3H3. The Balaban J connectivity index is 2.90. The molecule has 0 N–H and O–H groups in total. The minimum absolute atomic E-state index is 0.0586. The highest BCUT2D eigenvalue weighted by Gasteiger charge is 2.18. The fourth-order valence-electron chi connectivity index (χ4n) is 1.21. The van der Waals surface area contributed by atoms with Crippen LogP contribution in [0.1, 0.15) is 30.6 Å². The average molecular weight is 227 g/mol. The molecule has 0 aromatic carbocycles. The summed E-state index contributed by atoms with van der Waals surface area (Å²) in [5.74, 6) is -0.0586. The van der Waals surface area contributed by atoms with Gasteiger partial charge >= 0.3 is 0 Å². The molecule has 1 unspecified atom stereocenters. The van der Waals surface area contributed by atoms with E-state index in [4.69, 9.17) is 11.6 Å². The quantitative estimate of drug-likeness (QED) is 0.794. The Morgan fingerprint density at radius 2 is 2.33 bits per heavy atom. The molecule has 0 radical (unpaired) electrons. The Morgan fingerprint density at radius 3 is 2.87 bits per heavy atom. The Hall–Kier alpha value is -1.09. The Bertz CT molecular complexity index is 354. The Labute approximate surface area is 95.1 Å². The van der Waals surface area contributed by atoms with Gasteiger partial charge in [-0.25, -0.2) is 0 Å². The highest BCUT2D eigenvalue weighted by atomic mass is 35.5. The number of hydrogen-bond donors (Lipinski definition) is 0. The van der Waals surface area contributed by atoms with Crippen LogP contribution in [-0.4, -0.2) is 28.9 Å². The van der Waals surface area contributed by atoms with E-state index in [9.17, 15) is 4.79 Å². The van der Waals surface area contributed by atoms with Crippen LogP contribution in [0, 0.1) is 0 Å². The normalized spacial score (nSPS) is 12.3. The molecule has 1 rings (SSSR count). The summed E-state index contributed by atoms with van der Waals surface area (Å²) < 4.78 is 0. The van der Waals surface area contributed by atoms with Crippen molar-refractivity contribution in [1.82, 2.24) is 9.88 Å². The predicted molar refractivity (Wildman–Crippen MR) is 61.1 cm³/mol. The maximum absolute atomic E-state index is 12.0. The summed E-state index contributed by atoms with van der Waals surface area (Å²) in [6.45, 7) is 4.05. The van der Waals surface area contributed by atoms with Gasteiger partial charge in [0.2, 0.25) is 0 Å². The van der Waals surface area contributed by atoms with Gasteiger partial charge in [-0.3, -0.25) is 9.78 Å². The van der Waals surface area contributed by atoms with Crippen molar-refractivity contribution in [2.75, 3.05) is 7.05 Å². The van der Waals surface area contributed by atoms with Gasteiger partial charge in [-0.15, -0.1) is 0 Å². The topological polar surface area (TPSA) is 33.2 Å². The molecule has 0 aliphatic rings. The smallest absolute Gasteiger partial charge is 0.255 e. The van der Waals surface area contributed by atoms with Crippen molar-refractivity contribution in [3.8, 4) is 0 Å². The van der Waals surface area contributed by atoms with E-state index in [1.54, 1.807) is 24.2 Å². The third-order valence-electron chi connectivity index (χ3n) is 2.58. The van der Waals surface area contributed by atoms with Crippen LogP contribution < -0.4 is 0 Å². The molecule has 1 amide bonds. The highest BCUT2D eigenvalue weighted by molar-refractivity contribution is 6.33. The summed E-state index contributed by atoms with van der Waals surface area (Å²) in [6, 6.07) is 1.85. The van der Waals surface area contributed by atoms with E-state index < -0.39 is 0 Å². The van der Waals surface area contributed by atoms with Crippen LogP contribution in [0.25, 0.3) is 0 Å². The lowest BCUT2D eigenvalue weighted by Crippen LogP contribution is -2.34. The summed E-state index contributed by atoms with van der Waals surface area (Å²) in [5, 5.41) is 0.401. The van der Waals surface area contributed by atoms with Crippen molar-refractivity contribution in [3.05, 3.63) is 29.0 Å². The van der Waals surface area contributed by atoms with Gasteiger partial charge in [0.15, 0.2) is 0 Å². The van der Waals surface area contributed by atoms with Gasteiger partial charge in [0, 0.05) is 25.5 Å². The van der Waals surface area contributed by atoms with E-state index in [2.05, 4.69) is 4.98 Å². The van der Waals surface area contributed by atoms with E-state index in [0.29, 0.717) is 10.6 Å². The van der Waals surface area contributed by atoms with Gasteiger partial charge in [-0.05, 0) is 19.4 Å². The van der Waals surface area contributed by atoms with Gasteiger partial charge in [-0.2, -0.15) is 0 Å². The average Bonchev–Trinajstić information content (AvgIpc) is 2.26. The molecule has 1 atom stereocenters. The van der Waals surface area contributed by atoms with Crippen LogP contribution in [0.5, 0.6) is 0 Å². The first-order chi connectivity index (χ1) is 7.07. The van der Waals surface area contributed by atoms with Crippen molar-refractivity contribution in [2.24, 2.45) is 0 Å². The van der Waals surface area contributed by atoms with Gasteiger partial charge in [0.25, 0.3) is 5.91 Å². The molecule has 0 saturated heterocycles. The molecule has 82 valence electrons. The van der Waals surface area contributed by atoms with Crippen molar-refractivity contribution in [2.45, 2.75) is 26.3 Å². The van der Waals surface area contributed by atoms with Gasteiger partial charge in [-0.1, -0.05) is 18.5 Å². The van der Waals surface area contributed by atoms with Crippen LogP contribution in [0.2, 0.25) is 5.02 Å². The largest absolute Gasteiger partial charge is 0.339 e. The molecule has 3 nitrogen and oxygen atoms in total. The molecule has 0 bridgehead atoms. The summed E-state index contributed by atoms with van der Waals surface area (Å²) in [6.07, 6.45) is 3.98. The first-order valence-corrected chi connectivity index (χ1v) is 5.32. The molecule has 0 aliphatic carbocycles. The monoisotopic (exact) mass is 226 g/mol. The van der Waals surface area contributed by atoms with Crippen molar-refractivity contribution in [3.63, 3.8) is 0 Å². The van der Waals surface area contributed by atoms with Crippen LogP contribution >= 0.6 is 11.6 Å². The first kappa shape index (κ1) is 12.0. The summed E-state index contributed by atoms with van der Waals surface area (Å²) in [7, 11) is 1.78. The van der Waals surface area contributed by atoms with E-state index >= 15 is 0 Å². The number of carbonyl (C=O) groups excluding carboxylic acids is 1. The number of pyridine rings is 1. The first-order valence-electron chi connectivity index (χ1n) is 4.94. The maximum atomic E-state index is 12.0. The van der Waals surface area contributed by atoms with E-state index in [1.807, 2.05) is 13.8 Å². The molecule has 1 heterocycles. The van der Waals surface area contributed by atoms with Crippen molar-refractivity contribution < 1.29 is 4.79 Å². The van der Waals surface area contributed by atoms with Crippen LogP contribution in [-0.2, 0) is 0 Å². The Kier molecular flexibility index (Phi) is 4.09. The maximum Gasteiger partial charge on any atom is 0.255 e. The second-order valence-corrected chi connectivity index (χ2v) is 3.94. The third-order valence-corrected chi connectivity index (χ3v) is 2.88. The molecule has 0 aliphatic heterocycles. The lowest BCUT2D eigenvalue weighted by molar-refractivity contribution is 0.0740. The summed E-state index contributed by atoms with van der Waals surface area (Å²) in [4.78, 5) is 17.5. The number of carbonyl (C=O) groups is 1. The second-order valence-electron chi connectivity index (χ2n) is 3.53. The van der Waals surface area contributed by atoms with Crippen molar-refractivity contribution >= 4 is 17.5 Å². The fraction of sp³-hybridized carbons (Fsp3) is 0.455. The van der Waals surface area contributed by atoms with E-state index in [-0.39, 0.29) is 11.9 Å². The molecule has 0 spiro atoms. The number of amides is 1. The molecule has 1 aromatic heterocycles. The molecule has 15 heavy (non-hydrogen) atoms. The van der Waals surface area contributed by atoms with Gasteiger partial charge in [0.05, 0.1) is 10.6 Å². The molecule has 1 aromatic rings. The summed E-state index contributed by atoms with van der Waals surface area (Å²) in [5.41, 5.74) is 0.509. The zero-order valence-corrected chi connectivity index (χ0v) is 9.95. The van der Waals surface area contributed by atoms with E-state index in [0.717, 1.165) is 6.42 Å². The van der Waals surface area contributed by atoms with Gasteiger partial charge in [0.1, 0.15) is 0 Å². The molecular weight excluding hydrogens is 212 g/mol. The lowest BCUT2D eigenvalue weighted by atomic mass is 10.2. The number of halogens is 1. The Morgan fingerprint density at radius 1 is 1.67 bits per heavy atom. The second kappa shape index (κ2) is 5.12. The number of aromatic nitrogens is 1. The number of nitrogens with zero attached hydrogens (tertiary/aromatic N) is 2. The zero-order valence-electron chi connectivity index (χ0n) is 9.20. The molecular formula is C11H15ClN2O. The highest BCUT2D eigenvalue weighted by Crippen LogP contribution is 2.16.